The molecule has 0 spiro atoms. The van der Waals surface area contributed by atoms with Gasteiger partial charge in [0.25, 0.3) is 0 Å². The van der Waals surface area contributed by atoms with Crippen molar-refractivity contribution >= 4 is 28.3 Å². The Labute approximate surface area is 174 Å². The lowest BCUT2D eigenvalue weighted by Crippen LogP contribution is -2.54. The highest BCUT2D eigenvalue weighted by atomic mass is 35.5. The maximum Gasteiger partial charge on any atom is 0.230 e. The van der Waals surface area contributed by atoms with E-state index >= 15 is 0 Å². The van der Waals surface area contributed by atoms with E-state index in [2.05, 4.69) is 10.6 Å². The van der Waals surface area contributed by atoms with Crippen LogP contribution in [-0.2, 0) is 20.2 Å². The molecule has 0 radical (unpaired) electrons. The van der Waals surface area contributed by atoms with Crippen molar-refractivity contribution < 1.29 is 13.2 Å². The van der Waals surface area contributed by atoms with Gasteiger partial charge >= 0.3 is 0 Å². The van der Waals surface area contributed by atoms with Crippen LogP contribution in [0.1, 0.15) is 38.2 Å². The Hall–Kier alpha value is -1.15. The van der Waals surface area contributed by atoms with Crippen LogP contribution >= 0.6 is 12.4 Å². The summed E-state index contributed by atoms with van der Waals surface area (Å²) < 4.78 is 26.0. The first-order valence-corrected chi connectivity index (χ1v) is 11.6. The van der Waals surface area contributed by atoms with Gasteiger partial charge in [0.15, 0.2) is 0 Å². The number of carbonyl (C=O) groups is 1. The van der Waals surface area contributed by atoms with Crippen LogP contribution in [-0.4, -0.2) is 57.1 Å². The monoisotopic (exact) mass is 429 g/mol. The summed E-state index contributed by atoms with van der Waals surface area (Å²) in [6.45, 7) is 5.13. The van der Waals surface area contributed by atoms with Crippen LogP contribution in [0.3, 0.4) is 0 Å². The molecule has 1 amide bonds. The van der Waals surface area contributed by atoms with Crippen molar-refractivity contribution in [3.8, 4) is 0 Å². The van der Waals surface area contributed by atoms with Crippen LogP contribution < -0.4 is 10.6 Å². The number of nitrogens with zero attached hydrogens (tertiary/aromatic N) is 1. The fourth-order valence-electron chi connectivity index (χ4n) is 4.24. The number of sulfonamides is 1. The Morgan fingerprint density at radius 3 is 2.50 bits per heavy atom. The number of hydrogen-bond acceptors (Lipinski definition) is 4. The van der Waals surface area contributed by atoms with Crippen molar-refractivity contribution in [2.24, 2.45) is 5.92 Å². The van der Waals surface area contributed by atoms with E-state index < -0.39 is 15.4 Å². The van der Waals surface area contributed by atoms with E-state index in [0.29, 0.717) is 38.4 Å². The average molecular weight is 430 g/mol. The Morgan fingerprint density at radius 1 is 1.25 bits per heavy atom. The molecule has 8 heteroatoms. The zero-order chi connectivity index (χ0) is 19.3. The normalized spacial score (nSPS) is 22.8. The van der Waals surface area contributed by atoms with E-state index in [1.807, 2.05) is 30.3 Å². The summed E-state index contributed by atoms with van der Waals surface area (Å²) in [6, 6.07) is 9.83. The van der Waals surface area contributed by atoms with Crippen molar-refractivity contribution in [3.05, 3.63) is 35.9 Å². The molecule has 2 fully saturated rings. The minimum Gasteiger partial charge on any atom is -0.355 e. The maximum absolute atomic E-state index is 13.3. The third-order valence-corrected chi connectivity index (χ3v) is 7.93. The second-order valence-corrected chi connectivity index (χ2v) is 9.93. The minimum atomic E-state index is -3.22. The molecule has 2 saturated heterocycles. The van der Waals surface area contributed by atoms with Crippen molar-refractivity contribution in [2.75, 3.05) is 38.5 Å². The van der Waals surface area contributed by atoms with Crippen LogP contribution in [0, 0.1) is 5.92 Å². The first kappa shape index (κ1) is 23.1. The second-order valence-electron chi connectivity index (χ2n) is 7.67. The fourth-order valence-corrected chi connectivity index (χ4v) is 5.34. The Bertz CT molecular complexity index is 728. The molecule has 1 atom stereocenters. The predicted molar refractivity (Wildman–Crippen MR) is 114 cm³/mol. The molecule has 0 aliphatic carbocycles. The summed E-state index contributed by atoms with van der Waals surface area (Å²) in [4.78, 5) is 13.3. The Morgan fingerprint density at radius 2 is 1.93 bits per heavy atom. The minimum absolute atomic E-state index is 0. The summed E-state index contributed by atoms with van der Waals surface area (Å²) in [5.41, 5.74) is 0.334. The summed E-state index contributed by atoms with van der Waals surface area (Å²) in [7, 11) is -3.22. The van der Waals surface area contributed by atoms with Gasteiger partial charge in [0, 0.05) is 19.6 Å². The van der Waals surface area contributed by atoms with Crippen LogP contribution in [0.4, 0.5) is 0 Å². The van der Waals surface area contributed by atoms with E-state index in [1.54, 1.807) is 6.92 Å². The molecule has 2 aliphatic rings. The number of amides is 1. The van der Waals surface area contributed by atoms with Gasteiger partial charge in [0.2, 0.25) is 15.9 Å². The van der Waals surface area contributed by atoms with Gasteiger partial charge in [0.05, 0.1) is 11.2 Å². The van der Waals surface area contributed by atoms with E-state index in [9.17, 15) is 13.2 Å². The van der Waals surface area contributed by atoms with Crippen molar-refractivity contribution in [2.45, 2.75) is 38.0 Å². The molecule has 1 unspecified atom stereocenters. The molecule has 2 heterocycles. The summed E-state index contributed by atoms with van der Waals surface area (Å²) >= 11 is 0. The summed E-state index contributed by atoms with van der Waals surface area (Å²) in [6.07, 6.45) is 3.32. The van der Waals surface area contributed by atoms with Gasteiger partial charge in [-0.3, -0.25) is 4.79 Å². The van der Waals surface area contributed by atoms with Crippen LogP contribution in [0.15, 0.2) is 30.3 Å². The average Bonchev–Trinajstić information content (AvgIpc) is 2.73. The first-order valence-electron chi connectivity index (χ1n) is 10.0. The highest BCUT2D eigenvalue weighted by Crippen LogP contribution is 2.36. The molecule has 1 aromatic carbocycles. The van der Waals surface area contributed by atoms with Gasteiger partial charge in [0.1, 0.15) is 0 Å². The molecule has 0 aromatic heterocycles. The van der Waals surface area contributed by atoms with Crippen LogP contribution in [0.25, 0.3) is 0 Å². The van der Waals surface area contributed by atoms with Gasteiger partial charge in [-0.1, -0.05) is 30.3 Å². The molecule has 2 N–H and O–H groups in total. The van der Waals surface area contributed by atoms with Gasteiger partial charge < -0.3 is 10.6 Å². The molecule has 2 aliphatic heterocycles. The van der Waals surface area contributed by atoms with E-state index in [4.69, 9.17) is 0 Å². The van der Waals surface area contributed by atoms with Gasteiger partial charge in [-0.2, -0.15) is 0 Å². The van der Waals surface area contributed by atoms with Crippen LogP contribution in [0.2, 0.25) is 0 Å². The fraction of sp³-hybridized carbons (Fsp3) is 0.650. The first-order chi connectivity index (χ1) is 13.0. The highest BCUT2D eigenvalue weighted by Gasteiger charge is 2.44. The van der Waals surface area contributed by atoms with Crippen molar-refractivity contribution in [3.63, 3.8) is 0 Å². The number of nitrogens with one attached hydrogen (secondary N) is 2. The number of piperidine rings is 2. The van der Waals surface area contributed by atoms with Crippen LogP contribution in [0.5, 0.6) is 0 Å². The molecule has 3 rings (SSSR count). The molecule has 0 saturated carbocycles. The number of carbonyl (C=O) groups excluding carboxylic acids is 1. The van der Waals surface area contributed by atoms with E-state index in [-0.39, 0.29) is 24.1 Å². The molecule has 0 bridgehead atoms. The Balaban J connectivity index is 0.00000280. The smallest absolute Gasteiger partial charge is 0.230 e. The molecule has 158 valence electrons. The number of hydrogen-bond donors (Lipinski definition) is 2. The van der Waals surface area contributed by atoms with E-state index in [0.717, 1.165) is 31.5 Å². The zero-order valence-electron chi connectivity index (χ0n) is 16.5. The lowest BCUT2D eigenvalue weighted by Gasteiger charge is -2.40. The molecule has 6 nitrogen and oxygen atoms in total. The molecular formula is C20H32ClN3O3S. The molecule has 28 heavy (non-hydrogen) atoms. The zero-order valence-corrected chi connectivity index (χ0v) is 18.2. The third kappa shape index (κ3) is 5.06. The van der Waals surface area contributed by atoms with E-state index in [1.165, 1.54) is 4.31 Å². The van der Waals surface area contributed by atoms with Crippen molar-refractivity contribution in [1.29, 1.82) is 0 Å². The topological polar surface area (TPSA) is 78.5 Å². The lowest BCUT2D eigenvalue weighted by molar-refractivity contribution is -0.128. The molecule has 1 aromatic rings. The third-order valence-electron chi connectivity index (χ3n) is 6.05. The summed E-state index contributed by atoms with van der Waals surface area (Å²) in [5, 5.41) is 6.57. The largest absolute Gasteiger partial charge is 0.355 e. The number of benzene rings is 1. The number of rotatable bonds is 6. The van der Waals surface area contributed by atoms with Crippen molar-refractivity contribution in [1.82, 2.24) is 14.9 Å². The van der Waals surface area contributed by atoms with Gasteiger partial charge in [-0.15, -0.1) is 12.4 Å². The quantitative estimate of drug-likeness (QED) is 0.724. The van der Waals surface area contributed by atoms with Gasteiger partial charge in [-0.05, 0) is 57.2 Å². The summed E-state index contributed by atoms with van der Waals surface area (Å²) in [5.74, 6) is 0.607. The second kappa shape index (κ2) is 10.1. The Kier molecular flexibility index (Phi) is 8.30. The predicted octanol–water partition coefficient (Wildman–Crippen LogP) is 1.91. The standard InChI is InChI=1S/C20H31N3O3S.ClH/c1-2-27(25,26)23-13-10-20(11-14-23,18-8-4-3-5-9-18)19(24)22-16-17-7-6-12-21-15-17;/h3-5,8-9,17,21H,2,6-7,10-16H2,1H3,(H,22,24);1H. The molecular weight excluding hydrogens is 398 g/mol. The number of halogens is 1. The van der Waals surface area contributed by atoms with Gasteiger partial charge in [-0.25, -0.2) is 12.7 Å². The highest BCUT2D eigenvalue weighted by molar-refractivity contribution is 7.89. The SMILES string of the molecule is CCS(=O)(=O)N1CCC(C(=O)NCC2CCCNC2)(c2ccccc2)CC1.Cl. The lowest BCUT2D eigenvalue weighted by atomic mass is 9.72. The maximum atomic E-state index is 13.3.